The number of halogens is 3. The molecule has 1 N–H and O–H groups in total. The second-order valence-corrected chi connectivity index (χ2v) is 6.32. The van der Waals surface area contributed by atoms with Crippen molar-refractivity contribution in [3.05, 3.63) is 54.7 Å². The molecule has 17 heavy (non-hydrogen) atoms. The van der Waals surface area contributed by atoms with Gasteiger partial charge in [-0.2, -0.15) is 0 Å². The molecule has 0 aliphatic carbocycles. The smallest absolute Gasteiger partial charge is 0.108 e. The highest BCUT2D eigenvalue weighted by Gasteiger charge is 2.19. The summed E-state index contributed by atoms with van der Waals surface area (Å²) in [7, 11) is 0. The molecular weight excluding hydrogens is 299 g/mol. The Morgan fingerprint density at radius 2 is 1.88 bits per heavy atom. The molecule has 0 spiro atoms. The lowest BCUT2D eigenvalue weighted by Gasteiger charge is -2.13. The Bertz CT molecular complexity index is 551. The van der Waals surface area contributed by atoms with Crippen molar-refractivity contribution >= 4 is 46.1 Å². The number of rotatable bonds is 2. The van der Waals surface area contributed by atoms with Crippen LogP contribution in [0.2, 0.25) is 13.7 Å². The zero-order valence-electron chi connectivity index (χ0n) is 8.88. The van der Waals surface area contributed by atoms with E-state index in [-0.39, 0.29) is 0 Å². The molecule has 1 heterocycles. The third-order valence-corrected chi connectivity index (χ3v) is 4.53. The summed E-state index contributed by atoms with van der Waals surface area (Å²) in [4.78, 5) is 0. The molecule has 1 nitrogen and oxygen atoms in total. The fourth-order valence-electron chi connectivity index (χ4n) is 1.59. The van der Waals surface area contributed by atoms with E-state index < -0.39 is 6.10 Å². The van der Waals surface area contributed by atoms with Crippen molar-refractivity contribution < 1.29 is 5.11 Å². The average Bonchev–Trinajstić information content (AvgIpc) is 2.61. The summed E-state index contributed by atoms with van der Waals surface area (Å²) in [5, 5.41) is 10.8. The molecule has 0 fully saturated rings. The Hall–Kier alpha value is -0.250. The zero-order chi connectivity index (χ0) is 12.6. The molecule has 1 atom stereocenters. The van der Waals surface area contributed by atoms with E-state index in [0.29, 0.717) is 24.8 Å². The van der Waals surface area contributed by atoms with E-state index in [4.69, 9.17) is 34.8 Å². The highest BCUT2D eigenvalue weighted by Crippen LogP contribution is 2.39. The van der Waals surface area contributed by atoms with Gasteiger partial charge in [-0.1, -0.05) is 53.0 Å². The highest BCUT2D eigenvalue weighted by atomic mass is 35.5. The predicted molar refractivity (Wildman–Crippen MR) is 74.6 cm³/mol. The van der Waals surface area contributed by atoms with Crippen LogP contribution in [0.3, 0.4) is 0 Å². The maximum Gasteiger partial charge on any atom is 0.108 e. The third-order valence-electron chi connectivity index (χ3n) is 2.49. The van der Waals surface area contributed by atoms with E-state index in [0.717, 1.165) is 5.56 Å². The largest absolute Gasteiger partial charge is 0.384 e. The Morgan fingerprint density at radius 1 is 1.18 bits per heavy atom. The topological polar surface area (TPSA) is 20.2 Å². The summed E-state index contributed by atoms with van der Waals surface area (Å²) >= 11 is 19.3. The molecule has 1 unspecified atom stereocenters. The van der Waals surface area contributed by atoms with Crippen LogP contribution in [0.4, 0.5) is 0 Å². The molecule has 0 aliphatic rings. The van der Waals surface area contributed by atoms with E-state index in [9.17, 15) is 5.11 Å². The second kappa shape index (κ2) is 5.17. The highest BCUT2D eigenvalue weighted by molar-refractivity contribution is 7.20. The van der Waals surface area contributed by atoms with Crippen molar-refractivity contribution in [3.63, 3.8) is 0 Å². The quantitative estimate of drug-likeness (QED) is 0.818. The van der Waals surface area contributed by atoms with Crippen LogP contribution in [-0.4, -0.2) is 5.11 Å². The van der Waals surface area contributed by atoms with Gasteiger partial charge in [-0.3, -0.25) is 0 Å². The summed E-state index contributed by atoms with van der Waals surface area (Å²) in [6.45, 7) is 1.89. The first-order valence-corrected chi connectivity index (χ1v) is 6.83. The Balaban J connectivity index is 2.47. The minimum atomic E-state index is -0.848. The lowest BCUT2D eigenvalue weighted by Crippen LogP contribution is -2.00. The molecular formula is C12H9Cl3OS. The van der Waals surface area contributed by atoms with E-state index in [2.05, 4.69) is 0 Å². The molecule has 0 radical (unpaired) electrons. The van der Waals surface area contributed by atoms with Gasteiger partial charge in [-0.05, 0) is 18.6 Å². The van der Waals surface area contributed by atoms with Gasteiger partial charge in [0.25, 0.3) is 0 Å². The minimum absolute atomic E-state index is 0.486. The number of aliphatic hydroxyl groups excluding tert-OH is 1. The van der Waals surface area contributed by atoms with Crippen LogP contribution in [-0.2, 0) is 0 Å². The Labute approximate surface area is 119 Å². The van der Waals surface area contributed by atoms with Crippen molar-refractivity contribution in [2.24, 2.45) is 0 Å². The molecule has 0 saturated heterocycles. The van der Waals surface area contributed by atoms with Gasteiger partial charge in [0.2, 0.25) is 0 Å². The van der Waals surface area contributed by atoms with Crippen LogP contribution < -0.4 is 0 Å². The van der Waals surface area contributed by atoms with Gasteiger partial charge >= 0.3 is 0 Å². The van der Waals surface area contributed by atoms with Gasteiger partial charge in [0, 0.05) is 16.1 Å². The number of aryl methyl sites for hydroxylation is 1. The van der Waals surface area contributed by atoms with Gasteiger partial charge < -0.3 is 5.11 Å². The second-order valence-electron chi connectivity index (χ2n) is 3.66. The summed E-state index contributed by atoms with van der Waals surface area (Å²) in [5.41, 5.74) is 2.15. The Kier molecular flexibility index (Phi) is 4.01. The lowest BCUT2D eigenvalue weighted by atomic mass is 10.0. The zero-order valence-corrected chi connectivity index (χ0v) is 12.0. The first-order chi connectivity index (χ1) is 8.00. The monoisotopic (exact) mass is 306 g/mol. The molecule has 2 rings (SSSR count). The van der Waals surface area contributed by atoms with Gasteiger partial charge in [0.15, 0.2) is 0 Å². The fraction of sp³-hybridized carbons (Fsp3) is 0.167. The maximum absolute atomic E-state index is 10.3. The van der Waals surface area contributed by atoms with Crippen LogP contribution >= 0.6 is 46.1 Å². The summed E-state index contributed by atoms with van der Waals surface area (Å²) in [6, 6.07) is 7.18. The van der Waals surface area contributed by atoms with Crippen molar-refractivity contribution in [1.82, 2.24) is 0 Å². The first kappa shape index (κ1) is 13.2. The van der Waals surface area contributed by atoms with E-state index in [1.807, 2.05) is 19.1 Å². The number of hydrogen-bond donors (Lipinski definition) is 1. The molecule has 0 bridgehead atoms. The molecule has 0 amide bonds. The SMILES string of the molecule is Cc1cccc(C(O)c2cc(Cl)sc2Cl)c1Cl. The normalized spacial score (nSPS) is 12.8. The van der Waals surface area contributed by atoms with E-state index >= 15 is 0 Å². The van der Waals surface area contributed by atoms with Crippen LogP contribution in [0.25, 0.3) is 0 Å². The van der Waals surface area contributed by atoms with Crippen LogP contribution in [0.15, 0.2) is 24.3 Å². The van der Waals surface area contributed by atoms with E-state index in [1.54, 1.807) is 12.1 Å². The fourth-order valence-corrected chi connectivity index (χ4v) is 3.34. The molecule has 1 aromatic carbocycles. The average molecular weight is 308 g/mol. The first-order valence-electron chi connectivity index (χ1n) is 4.88. The minimum Gasteiger partial charge on any atom is -0.384 e. The van der Waals surface area contributed by atoms with Crippen LogP contribution in [0, 0.1) is 6.92 Å². The van der Waals surface area contributed by atoms with Crippen molar-refractivity contribution in [2.45, 2.75) is 13.0 Å². The van der Waals surface area contributed by atoms with Crippen LogP contribution in [0.5, 0.6) is 0 Å². The maximum atomic E-state index is 10.3. The standard InChI is InChI=1S/C12H9Cl3OS/c1-6-3-2-4-7(10(6)14)11(16)8-5-9(13)17-12(8)15/h2-5,11,16H,1H3. The van der Waals surface area contributed by atoms with Gasteiger partial charge in [-0.15, -0.1) is 11.3 Å². The molecule has 90 valence electrons. The summed E-state index contributed by atoms with van der Waals surface area (Å²) in [5.74, 6) is 0. The molecule has 5 heteroatoms. The van der Waals surface area contributed by atoms with Crippen molar-refractivity contribution in [1.29, 1.82) is 0 Å². The third kappa shape index (κ3) is 2.61. The van der Waals surface area contributed by atoms with Crippen LogP contribution in [0.1, 0.15) is 22.8 Å². The molecule has 0 aliphatic heterocycles. The number of aliphatic hydroxyl groups is 1. The van der Waals surface area contributed by atoms with Gasteiger partial charge in [0.05, 0.1) is 4.34 Å². The van der Waals surface area contributed by atoms with Crippen molar-refractivity contribution in [3.8, 4) is 0 Å². The predicted octanol–water partition coefficient (Wildman–Crippen LogP) is 5.10. The lowest BCUT2D eigenvalue weighted by molar-refractivity contribution is 0.221. The van der Waals surface area contributed by atoms with E-state index in [1.165, 1.54) is 11.3 Å². The number of hydrogen-bond acceptors (Lipinski definition) is 2. The molecule has 2 aromatic rings. The van der Waals surface area contributed by atoms with Crippen molar-refractivity contribution in [2.75, 3.05) is 0 Å². The molecule has 0 saturated carbocycles. The number of benzene rings is 1. The van der Waals surface area contributed by atoms with Gasteiger partial charge in [-0.25, -0.2) is 0 Å². The number of thiophene rings is 1. The summed E-state index contributed by atoms with van der Waals surface area (Å²) in [6.07, 6.45) is -0.848. The molecule has 1 aromatic heterocycles. The van der Waals surface area contributed by atoms with Gasteiger partial charge in [0.1, 0.15) is 10.4 Å². The summed E-state index contributed by atoms with van der Waals surface area (Å²) < 4.78 is 1.04. The Morgan fingerprint density at radius 3 is 2.47 bits per heavy atom.